The van der Waals surface area contributed by atoms with Crippen LogP contribution in [0.25, 0.3) is 0 Å². The van der Waals surface area contributed by atoms with Gasteiger partial charge in [0.05, 0.1) is 30.7 Å². The van der Waals surface area contributed by atoms with Gasteiger partial charge in [0.1, 0.15) is 5.60 Å². The van der Waals surface area contributed by atoms with Crippen LogP contribution in [0.5, 0.6) is 0 Å². The first kappa shape index (κ1) is 18.7. The van der Waals surface area contributed by atoms with Gasteiger partial charge in [-0.05, 0) is 26.7 Å². The molecule has 0 bridgehead atoms. The molecule has 1 heterocycles. The van der Waals surface area contributed by atoms with Crippen molar-refractivity contribution in [3.8, 4) is 0 Å². The number of amides is 1. The zero-order chi connectivity index (χ0) is 16.0. The number of ether oxygens (including phenoxy) is 3. The van der Waals surface area contributed by atoms with Gasteiger partial charge < -0.3 is 19.1 Å². The number of alkyl halides is 1. The Morgan fingerprint density at radius 3 is 2.52 bits per heavy atom. The zero-order valence-electron chi connectivity index (χ0n) is 13.7. The molecule has 2 unspecified atom stereocenters. The number of carbonyl (C=O) groups is 1. The monoisotopic (exact) mass is 365 g/mol. The van der Waals surface area contributed by atoms with Gasteiger partial charge in [-0.1, -0.05) is 29.8 Å². The van der Waals surface area contributed by atoms with Crippen LogP contribution in [0.1, 0.15) is 34.6 Å². The summed E-state index contributed by atoms with van der Waals surface area (Å²) in [6.07, 6.45) is -0.297. The molecule has 1 aliphatic heterocycles. The van der Waals surface area contributed by atoms with Gasteiger partial charge in [-0.2, -0.15) is 0 Å². The van der Waals surface area contributed by atoms with E-state index in [2.05, 4.69) is 29.8 Å². The van der Waals surface area contributed by atoms with Crippen molar-refractivity contribution in [2.24, 2.45) is 5.92 Å². The first-order chi connectivity index (χ1) is 9.69. The molecule has 21 heavy (non-hydrogen) atoms. The predicted octanol–water partition coefficient (Wildman–Crippen LogP) is 3.06. The maximum atomic E-state index is 12.0. The highest BCUT2D eigenvalue weighted by Gasteiger charge is 2.36. The van der Waals surface area contributed by atoms with Crippen molar-refractivity contribution in [1.82, 2.24) is 4.90 Å². The molecule has 0 spiro atoms. The third kappa shape index (κ3) is 7.47. The third-order valence-electron chi connectivity index (χ3n) is 2.86. The molecule has 5 nitrogen and oxygen atoms in total. The van der Waals surface area contributed by atoms with Gasteiger partial charge in [0.15, 0.2) is 0 Å². The van der Waals surface area contributed by atoms with E-state index in [4.69, 9.17) is 14.2 Å². The quantitative estimate of drug-likeness (QED) is 0.536. The average Bonchev–Trinajstić information content (AvgIpc) is 2.68. The summed E-state index contributed by atoms with van der Waals surface area (Å²) in [5.41, 5.74) is -0.470. The number of halogens is 1. The lowest BCUT2D eigenvalue weighted by molar-refractivity contribution is -0.00000909. The van der Waals surface area contributed by atoms with Crippen LogP contribution in [0.4, 0.5) is 4.79 Å². The van der Waals surface area contributed by atoms with E-state index >= 15 is 0 Å². The van der Waals surface area contributed by atoms with Crippen molar-refractivity contribution in [2.75, 3.05) is 32.9 Å². The van der Waals surface area contributed by atoms with Crippen molar-refractivity contribution in [2.45, 2.75) is 51.2 Å². The summed E-state index contributed by atoms with van der Waals surface area (Å²) in [5, 5.41) is 0. The Balaban J connectivity index is 2.27. The Morgan fingerprint density at radius 1 is 1.29 bits per heavy atom. The molecule has 1 fully saturated rings. The molecule has 0 N–H and O–H groups in total. The van der Waals surface area contributed by atoms with E-state index < -0.39 is 5.60 Å². The Kier molecular flexibility index (Phi) is 7.44. The topological polar surface area (TPSA) is 48.0 Å². The van der Waals surface area contributed by atoms with Crippen molar-refractivity contribution in [1.29, 1.82) is 0 Å². The summed E-state index contributed by atoms with van der Waals surface area (Å²) in [6, 6.07) is 0. The first-order valence-corrected chi connectivity index (χ1v) is 8.42. The molecule has 1 saturated heterocycles. The van der Waals surface area contributed by atoms with Gasteiger partial charge in [0, 0.05) is 13.2 Å². The summed E-state index contributed by atoms with van der Waals surface area (Å²) in [4.78, 5) is 13.8. The summed E-state index contributed by atoms with van der Waals surface area (Å²) in [7, 11) is 0. The lowest BCUT2D eigenvalue weighted by Gasteiger charge is -2.24. The summed E-state index contributed by atoms with van der Waals surface area (Å²) < 4.78 is 16.6. The number of rotatable bonds is 6. The molecule has 1 aliphatic rings. The van der Waals surface area contributed by atoms with Crippen LogP contribution in [0.2, 0.25) is 0 Å². The molecular formula is C15H28BrNO4. The first-order valence-electron chi connectivity index (χ1n) is 7.50. The van der Waals surface area contributed by atoms with E-state index in [9.17, 15) is 4.79 Å². The fraction of sp³-hybridized carbons (Fsp3) is 0.933. The molecule has 0 saturated carbocycles. The largest absolute Gasteiger partial charge is 0.444 e. The normalized spacial score (nSPS) is 22.9. The SMILES string of the molecule is CC(C)COCCOC1CN(C(=O)OC(C)(C)C)CC1Br. The van der Waals surface area contributed by atoms with Gasteiger partial charge in [-0.3, -0.25) is 0 Å². The van der Waals surface area contributed by atoms with E-state index in [-0.39, 0.29) is 17.0 Å². The van der Waals surface area contributed by atoms with Crippen molar-refractivity contribution in [3.63, 3.8) is 0 Å². The highest BCUT2D eigenvalue weighted by atomic mass is 79.9. The molecule has 0 aliphatic carbocycles. The Labute approximate surface area is 136 Å². The predicted molar refractivity (Wildman–Crippen MR) is 85.9 cm³/mol. The van der Waals surface area contributed by atoms with Crippen LogP contribution in [-0.2, 0) is 14.2 Å². The van der Waals surface area contributed by atoms with Gasteiger partial charge >= 0.3 is 6.09 Å². The minimum Gasteiger partial charge on any atom is -0.444 e. The lowest BCUT2D eigenvalue weighted by Crippen LogP contribution is -2.36. The smallest absolute Gasteiger partial charge is 0.410 e. The fourth-order valence-electron chi connectivity index (χ4n) is 1.94. The molecule has 0 aromatic carbocycles. The second kappa shape index (κ2) is 8.34. The number of carbonyl (C=O) groups excluding carboxylic acids is 1. The zero-order valence-corrected chi connectivity index (χ0v) is 15.3. The molecule has 6 heteroatoms. The highest BCUT2D eigenvalue weighted by Crippen LogP contribution is 2.22. The summed E-state index contributed by atoms with van der Waals surface area (Å²) in [6.45, 7) is 12.9. The molecule has 0 aromatic heterocycles. The maximum Gasteiger partial charge on any atom is 0.410 e. The maximum absolute atomic E-state index is 12.0. The van der Waals surface area contributed by atoms with Crippen molar-refractivity contribution < 1.29 is 19.0 Å². The number of nitrogens with zero attached hydrogens (tertiary/aromatic N) is 1. The summed E-state index contributed by atoms with van der Waals surface area (Å²) in [5.74, 6) is 0.531. The standard InChI is InChI=1S/C15H28BrNO4/c1-11(2)10-19-6-7-20-13-9-17(8-12(13)16)14(18)21-15(3,4)5/h11-13H,6-10H2,1-5H3. The fourth-order valence-corrected chi connectivity index (χ4v) is 2.61. The van der Waals surface area contributed by atoms with E-state index in [1.165, 1.54) is 0 Å². The second-order valence-corrected chi connectivity index (χ2v) is 7.96. The van der Waals surface area contributed by atoms with E-state index in [0.29, 0.717) is 32.2 Å². The number of hydrogen-bond acceptors (Lipinski definition) is 4. The number of likely N-dealkylation sites (tertiary alicyclic amines) is 1. The van der Waals surface area contributed by atoms with Crippen molar-refractivity contribution >= 4 is 22.0 Å². The van der Waals surface area contributed by atoms with E-state index in [0.717, 1.165) is 6.61 Å². The molecule has 1 rings (SSSR count). The van der Waals surface area contributed by atoms with Gasteiger partial charge in [-0.15, -0.1) is 0 Å². The molecule has 124 valence electrons. The van der Waals surface area contributed by atoms with Crippen LogP contribution in [-0.4, -0.2) is 60.4 Å². The van der Waals surface area contributed by atoms with Crippen LogP contribution >= 0.6 is 15.9 Å². The van der Waals surface area contributed by atoms with Crippen LogP contribution in [0.15, 0.2) is 0 Å². The minimum absolute atomic E-state index is 0.0137. The highest BCUT2D eigenvalue weighted by molar-refractivity contribution is 9.09. The molecular weight excluding hydrogens is 338 g/mol. The van der Waals surface area contributed by atoms with Crippen LogP contribution < -0.4 is 0 Å². The number of hydrogen-bond donors (Lipinski definition) is 0. The van der Waals surface area contributed by atoms with Crippen LogP contribution in [0, 0.1) is 5.92 Å². The van der Waals surface area contributed by atoms with Crippen molar-refractivity contribution in [3.05, 3.63) is 0 Å². The Bertz CT molecular complexity index is 330. The molecule has 0 aromatic rings. The Hall–Kier alpha value is -0.330. The lowest BCUT2D eigenvalue weighted by atomic mass is 10.2. The summed E-state index contributed by atoms with van der Waals surface area (Å²) >= 11 is 3.57. The molecule has 2 atom stereocenters. The van der Waals surface area contributed by atoms with Gasteiger partial charge in [-0.25, -0.2) is 4.79 Å². The molecule has 0 radical (unpaired) electrons. The van der Waals surface area contributed by atoms with E-state index in [1.54, 1.807) is 4.90 Å². The van der Waals surface area contributed by atoms with E-state index in [1.807, 2.05) is 20.8 Å². The second-order valence-electron chi connectivity index (χ2n) is 6.78. The van der Waals surface area contributed by atoms with Gasteiger partial charge in [0.25, 0.3) is 0 Å². The Morgan fingerprint density at radius 2 is 1.95 bits per heavy atom. The minimum atomic E-state index is -0.470. The third-order valence-corrected chi connectivity index (χ3v) is 3.74. The van der Waals surface area contributed by atoms with Gasteiger partial charge in [0.2, 0.25) is 0 Å². The molecule has 1 amide bonds. The average molecular weight is 366 g/mol. The van der Waals surface area contributed by atoms with Crippen LogP contribution in [0.3, 0.4) is 0 Å².